The third-order valence-corrected chi connectivity index (χ3v) is 4.03. The van der Waals surface area contributed by atoms with E-state index in [1.54, 1.807) is 23.1 Å². The second-order valence-corrected chi connectivity index (χ2v) is 5.77. The molecule has 3 nitrogen and oxygen atoms in total. The minimum atomic E-state index is -0.446. The van der Waals surface area contributed by atoms with Gasteiger partial charge >= 0.3 is 0 Å². The lowest BCUT2D eigenvalue weighted by Gasteiger charge is -2.32. The molecular weight excluding hydrogens is 257 g/mol. The van der Waals surface area contributed by atoms with E-state index in [2.05, 4.69) is 0 Å². The van der Waals surface area contributed by atoms with Gasteiger partial charge in [-0.15, -0.1) is 0 Å². The summed E-state index contributed by atoms with van der Waals surface area (Å²) in [4.78, 5) is 14.1. The van der Waals surface area contributed by atoms with Crippen LogP contribution in [0.1, 0.15) is 36.0 Å². The van der Waals surface area contributed by atoms with Crippen molar-refractivity contribution in [2.24, 2.45) is 5.92 Å². The van der Waals surface area contributed by atoms with Gasteiger partial charge < -0.3 is 9.64 Å². The van der Waals surface area contributed by atoms with Gasteiger partial charge in [0, 0.05) is 19.7 Å². The number of nitrogens with zero attached hydrogens (tertiary/aromatic N) is 1. The second kappa shape index (κ2) is 5.92. The van der Waals surface area contributed by atoms with E-state index >= 15 is 0 Å². The van der Waals surface area contributed by atoms with Crippen molar-refractivity contribution in [2.45, 2.75) is 31.8 Å². The van der Waals surface area contributed by atoms with Crippen LogP contribution in [0.3, 0.4) is 0 Å². The van der Waals surface area contributed by atoms with Crippen LogP contribution in [0.2, 0.25) is 0 Å². The SMILES string of the molecule is O=C(c1ccccc1F)N1CCCC(OCC2CC2)C1. The molecule has 0 aromatic heterocycles. The fourth-order valence-electron chi connectivity index (χ4n) is 2.62. The van der Waals surface area contributed by atoms with Crippen molar-refractivity contribution in [1.29, 1.82) is 0 Å². The Morgan fingerprint density at radius 1 is 1.30 bits per heavy atom. The van der Waals surface area contributed by atoms with Gasteiger partial charge in [0.2, 0.25) is 0 Å². The largest absolute Gasteiger partial charge is 0.376 e. The highest BCUT2D eigenvalue weighted by Gasteiger charge is 2.28. The van der Waals surface area contributed by atoms with E-state index in [-0.39, 0.29) is 17.6 Å². The quantitative estimate of drug-likeness (QED) is 0.847. The number of hydrogen-bond donors (Lipinski definition) is 0. The third kappa shape index (κ3) is 3.18. The number of piperidine rings is 1. The molecule has 0 bridgehead atoms. The zero-order chi connectivity index (χ0) is 13.9. The lowest BCUT2D eigenvalue weighted by molar-refractivity contribution is -0.00255. The van der Waals surface area contributed by atoms with E-state index in [1.165, 1.54) is 18.9 Å². The lowest BCUT2D eigenvalue weighted by atomic mass is 10.1. The number of ether oxygens (including phenoxy) is 1. The summed E-state index contributed by atoms with van der Waals surface area (Å²) in [5.41, 5.74) is 0.162. The standard InChI is InChI=1S/C16H20FNO2/c17-15-6-2-1-5-14(15)16(19)18-9-3-4-13(10-18)20-11-12-7-8-12/h1-2,5-6,12-13H,3-4,7-11H2. The average molecular weight is 277 g/mol. The number of halogens is 1. The van der Waals surface area contributed by atoms with Gasteiger partial charge in [-0.1, -0.05) is 12.1 Å². The number of amides is 1. The second-order valence-electron chi connectivity index (χ2n) is 5.77. The Hall–Kier alpha value is -1.42. The molecular formula is C16H20FNO2. The summed E-state index contributed by atoms with van der Waals surface area (Å²) in [6.45, 7) is 2.09. The van der Waals surface area contributed by atoms with Crippen molar-refractivity contribution in [2.75, 3.05) is 19.7 Å². The number of carbonyl (C=O) groups is 1. The molecule has 2 fully saturated rings. The van der Waals surface area contributed by atoms with E-state index in [9.17, 15) is 9.18 Å². The Kier molecular flexibility index (Phi) is 4.01. The fourth-order valence-corrected chi connectivity index (χ4v) is 2.62. The first-order valence-corrected chi connectivity index (χ1v) is 7.39. The molecule has 1 aliphatic heterocycles. The molecule has 1 aliphatic carbocycles. The number of carbonyl (C=O) groups excluding carboxylic acids is 1. The zero-order valence-corrected chi connectivity index (χ0v) is 11.6. The normalized spacial score (nSPS) is 22.9. The van der Waals surface area contributed by atoms with Gasteiger partial charge in [0.05, 0.1) is 11.7 Å². The molecule has 108 valence electrons. The van der Waals surface area contributed by atoms with Crippen molar-refractivity contribution < 1.29 is 13.9 Å². The molecule has 1 aromatic rings. The summed E-state index contributed by atoms with van der Waals surface area (Å²) in [6.07, 6.45) is 4.57. The maximum Gasteiger partial charge on any atom is 0.256 e. The highest BCUT2D eigenvalue weighted by molar-refractivity contribution is 5.94. The van der Waals surface area contributed by atoms with Crippen LogP contribution in [0, 0.1) is 11.7 Å². The summed E-state index contributed by atoms with van der Waals surface area (Å²) < 4.78 is 19.5. The summed E-state index contributed by atoms with van der Waals surface area (Å²) >= 11 is 0. The molecule has 1 amide bonds. The smallest absolute Gasteiger partial charge is 0.256 e. The molecule has 0 radical (unpaired) electrons. The molecule has 1 saturated carbocycles. The minimum Gasteiger partial charge on any atom is -0.376 e. The Morgan fingerprint density at radius 3 is 2.85 bits per heavy atom. The zero-order valence-electron chi connectivity index (χ0n) is 11.6. The monoisotopic (exact) mass is 277 g/mol. The lowest BCUT2D eigenvalue weighted by Crippen LogP contribution is -2.43. The average Bonchev–Trinajstić information content (AvgIpc) is 3.29. The van der Waals surface area contributed by atoms with Crippen molar-refractivity contribution >= 4 is 5.91 Å². The Bertz CT molecular complexity index is 487. The van der Waals surface area contributed by atoms with E-state index in [1.807, 2.05) is 0 Å². The van der Waals surface area contributed by atoms with Gasteiger partial charge in [-0.05, 0) is 43.7 Å². The maximum atomic E-state index is 13.7. The van der Waals surface area contributed by atoms with Crippen LogP contribution in [-0.2, 0) is 4.74 Å². The molecule has 1 atom stereocenters. The van der Waals surface area contributed by atoms with Crippen molar-refractivity contribution in [3.05, 3.63) is 35.6 Å². The van der Waals surface area contributed by atoms with Gasteiger partial charge in [0.15, 0.2) is 0 Å². The van der Waals surface area contributed by atoms with Crippen LogP contribution in [0.25, 0.3) is 0 Å². The first-order chi connectivity index (χ1) is 9.74. The Balaban J connectivity index is 1.60. The van der Waals surface area contributed by atoms with Gasteiger partial charge in [-0.2, -0.15) is 0 Å². The van der Waals surface area contributed by atoms with E-state index in [0.29, 0.717) is 13.1 Å². The van der Waals surface area contributed by atoms with E-state index in [4.69, 9.17) is 4.74 Å². The molecule has 4 heteroatoms. The molecule has 1 unspecified atom stereocenters. The molecule has 20 heavy (non-hydrogen) atoms. The Labute approximate surface area is 118 Å². The first kappa shape index (κ1) is 13.6. The summed E-state index contributed by atoms with van der Waals surface area (Å²) in [7, 11) is 0. The number of benzene rings is 1. The van der Waals surface area contributed by atoms with Crippen LogP contribution in [0.15, 0.2) is 24.3 Å². The summed E-state index contributed by atoms with van der Waals surface area (Å²) in [5, 5.41) is 0. The molecule has 3 rings (SSSR count). The van der Waals surface area contributed by atoms with Crippen LogP contribution in [0.5, 0.6) is 0 Å². The van der Waals surface area contributed by atoms with Gasteiger partial charge in [-0.25, -0.2) is 4.39 Å². The maximum absolute atomic E-state index is 13.7. The van der Waals surface area contributed by atoms with Crippen molar-refractivity contribution in [3.8, 4) is 0 Å². The predicted molar refractivity (Wildman–Crippen MR) is 74.0 cm³/mol. The van der Waals surface area contributed by atoms with Crippen LogP contribution in [-0.4, -0.2) is 36.6 Å². The summed E-state index contributed by atoms with van der Waals surface area (Å²) in [5.74, 6) is 0.0639. The molecule has 0 spiro atoms. The predicted octanol–water partition coefficient (Wildman–Crippen LogP) is 2.86. The molecule has 1 aromatic carbocycles. The highest BCUT2D eigenvalue weighted by Crippen LogP contribution is 2.30. The van der Waals surface area contributed by atoms with Gasteiger partial charge in [0.25, 0.3) is 5.91 Å². The van der Waals surface area contributed by atoms with E-state index in [0.717, 1.165) is 25.4 Å². The molecule has 1 saturated heterocycles. The highest BCUT2D eigenvalue weighted by atomic mass is 19.1. The summed E-state index contributed by atoms with van der Waals surface area (Å²) in [6, 6.07) is 6.18. The molecule has 1 heterocycles. The van der Waals surface area contributed by atoms with Crippen molar-refractivity contribution in [3.63, 3.8) is 0 Å². The van der Waals surface area contributed by atoms with Gasteiger partial charge in [-0.3, -0.25) is 4.79 Å². The van der Waals surface area contributed by atoms with Gasteiger partial charge in [0.1, 0.15) is 5.82 Å². The minimum absolute atomic E-state index is 0.111. The van der Waals surface area contributed by atoms with Crippen LogP contribution in [0.4, 0.5) is 4.39 Å². The number of rotatable bonds is 4. The third-order valence-electron chi connectivity index (χ3n) is 4.03. The van der Waals surface area contributed by atoms with Crippen LogP contribution >= 0.6 is 0 Å². The molecule has 0 N–H and O–H groups in total. The Morgan fingerprint density at radius 2 is 2.10 bits per heavy atom. The number of hydrogen-bond acceptors (Lipinski definition) is 2. The fraction of sp³-hybridized carbons (Fsp3) is 0.562. The first-order valence-electron chi connectivity index (χ1n) is 7.39. The van der Waals surface area contributed by atoms with E-state index < -0.39 is 5.82 Å². The molecule has 2 aliphatic rings. The number of likely N-dealkylation sites (tertiary alicyclic amines) is 1. The van der Waals surface area contributed by atoms with Crippen molar-refractivity contribution in [1.82, 2.24) is 4.90 Å². The topological polar surface area (TPSA) is 29.5 Å². The van der Waals surface area contributed by atoms with Crippen LogP contribution < -0.4 is 0 Å².